The maximum atomic E-state index is 12.5. The summed E-state index contributed by atoms with van der Waals surface area (Å²) in [5, 5.41) is 3.91. The number of fused-ring (bicyclic) bond motifs is 1. The van der Waals surface area contributed by atoms with Crippen molar-refractivity contribution in [1.29, 1.82) is 0 Å². The zero-order valence-electron chi connectivity index (χ0n) is 18.8. The number of amides is 1. The van der Waals surface area contributed by atoms with E-state index < -0.39 is 0 Å². The Morgan fingerprint density at radius 1 is 1.09 bits per heavy atom. The Kier molecular flexibility index (Phi) is 7.40. The number of benzene rings is 2. The molecule has 0 saturated heterocycles. The van der Waals surface area contributed by atoms with E-state index in [2.05, 4.69) is 40.0 Å². The third-order valence-corrected chi connectivity index (χ3v) is 5.69. The van der Waals surface area contributed by atoms with E-state index in [4.69, 9.17) is 14.4 Å². The number of para-hydroxylation sites is 1. The first-order valence-corrected chi connectivity index (χ1v) is 11.9. The molecule has 7 heteroatoms. The monoisotopic (exact) mass is 506 g/mol. The van der Waals surface area contributed by atoms with Gasteiger partial charge in [0.05, 0.1) is 18.3 Å². The molecule has 0 unspecified atom stereocenters. The van der Waals surface area contributed by atoms with Gasteiger partial charge in [-0.15, -0.1) is 0 Å². The highest BCUT2D eigenvalue weighted by atomic mass is 79.9. The summed E-state index contributed by atoms with van der Waals surface area (Å²) in [6, 6.07) is 19.7. The van der Waals surface area contributed by atoms with Gasteiger partial charge >= 0.3 is 0 Å². The van der Waals surface area contributed by atoms with E-state index in [1.165, 1.54) is 0 Å². The first kappa shape index (κ1) is 23.0. The van der Waals surface area contributed by atoms with Gasteiger partial charge in [-0.25, -0.2) is 9.97 Å². The van der Waals surface area contributed by atoms with E-state index in [-0.39, 0.29) is 5.91 Å². The van der Waals surface area contributed by atoms with Gasteiger partial charge in [0, 0.05) is 34.9 Å². The lowest BCUT2D eigenvalue weighted by atomic mass is 10.1. The van der Waals surface area contributed by atoms with Crippen molar-refractivity contribution >= 4 is 38.6 Å². The van der Waals surface area contributed by atoms with Crippen LogP contribution < -0.4 is 10.2 Å². The van der Waals surface area contributed by atoms with Gasteiger partial charge in [0.2, 0.25) is 5.91 Å². The largest absolute Gasteiger partial charge is 0.467 e. The van der Waals surface area contributed by atoms with Gasteiger partial charge in [-0.2, -0.15) is 0 Å². The number of carbonyl (C=O) groups excluding carboxylic acids is 1. The van der Waals surface area contributed by atoms with Crippen LogP contribution in [0.1, 0.15) is 26.0 Å². The van der Waals surface area contributed by atoms with Crippen molar-refractivity contribution in [2.75, 3.05) is 18.0 Å². The molecule has 0 radical (unpaired) electrons. The number of carbonyl (C=O) groups is 1. The van der Waals surface area contributed by atoms with Crippen LogP contribution in [0.2, 0.25) is 0 Å². The number of rotatable bonds is 9. The number of anilines is 1. The molecule has 0 atom stereocenters. The first-order chi connectivity index (χ1) is 16.0. The molecule has 170 valence electrons. The molecule has 0 aliphatic heterocycles. The number of furan rings is 1. The van der Waals surface area contributed by atoms with Crippen molar-refractivity contribution in [3.63, 3.8) is 0 Å². The topological polar surface area (TPSA) is 71.3 Å². The molecule has 0 bridgehead atoms. The van der Waals surface area contributed by atoms with Crippen molar-refractivity contribution in [3.05, 3.63) is 77.2 Å². The number of hydrogen-bond donors (Lipinski definition) is 1. The standard InChI is InChI=1S/C26H27BrN4O2/c1-18(2)17-31(13-12-24(32)28-16-21-9-6-14-33-21)26-22-10-3-4-11-23(22)29-25(30-26)19-7-5-8-20(27)15-19/h3-11,14-15,18H,12-13,16-17H2,1-2H3,(H,28,32). The van der Waals surface area contributed by atoms with E-state index in [1.54, 1.807) is 6.26 Å². The van der Waals surface area contributed by atoms with Gasteiger partial charge < -0.3 is 14.6 Å². The molecule has 0 aliphatic carbocycles. The average Bonchev–Trinajstić information content (AvgIpc) is 3.33. The Morgan fingerprint density at radius 3 is 2.70 bits per heavy atom. The smallest absolute Gasteiger partial charge is 0.222 e. The highest BCUT2D eigenvalue weighted by Gasteiger charge is 2.18. The van der Waals surface area contributed by atoms with E-state index >= 15 is 0 Å². The lowest BCUT2D eigenvalue weighted by Crippen LogP contribution is -2.33. The molecule has 4 rings (SSSR count). The molecule has 4 aromatic rings. The van der Waals surface area contributed by atoms with E-state index in [9.17, 15) is 4.79 Å². The predicted octanol–water partition coefficient (Wildman–Crippen LogP) is 5.82. The lowest BCUT2D eigenvalue weighted by molar-refractivity contribution is -0.121. The maximum absolute atomic E-state index is 12.5. The zero-order valence-corrected chi connectivity index (χ0v) is 20.4. The van der Waals surface area contributed by atoms with Crippen molar-refractivity contribution in [1.82, 2.24) is 15.3 Å². The fraction of sp³-hybridized carbons (Fsp3) is 0.269. The SMILES string of the molecule is CC(C)CN(CCC(=O)NCc1ccco1)c1nc(-c2cccc(Br)c2)nc2ccccc12. The summed E-state index contributed by atoms with van der Waals surface area (Å²) in [7, 11) is 0. The van der Waals surface area contributed by atoms with Crippen LogP contribution in [0.3, 0.4) is 0 Å². The Morgan fingerprint density at radius 2 is 1.94 bits per heavy atom. The van der Waals surface area contributed by atoms with Crippen molar-refractivity contribution in [2.45, 2.75) is 26.8 Å². The van der Waals surface area contributed by atoms with Crippen LogP contribution in [0.5, 0.6) is 0 Å². The normalized spacial score (nSPS) is 11.2. The number of nitrogens with one attached hydrogen (secondary N) is 1. The molecule has 2 aromatic heterocycles. The molecule has 0 saturated carbocycles. The number of nitrogens with zero attached hydrogens (tertiary/aromatic N) is 3. The van der Waals surface area contributed by atoms with Gasteiger partial charge in [0.1, 0.15) is 11.6 Å². The molecule has 1 amide bonds. The summed E-state index contributed by atoms with van der Waals surface area (Å²) in [5.74, 6) is 2.64. The Bertz CT molecular complexity index is 1220. The van der Waals surface area contributed by atoms with Gasteiger partial charge in [-0.05, 0) is 42.3 Å². The summed E-state index contributed by atoms with van der Waals surface area (Å²) >= 11 is 3.54. The summed E-state index contributed by atoms with van der Waals surface area (Å²) in [4.78, 5) is 24.5. The number of hydrogen-bond acceptors (Lipinski definition) is 5. The molecule has 0 aliphatic rings. The van der Waals surface area contributed by atoms with Crippen LogP contribution in [0.4, 0.5) is 5.82 Å². The molecule has 0 fully saturated rings. The van der Waals surface area contributed by atoms with Crippen molar-refractivity contribution < 1.29 is 9.21 Å². The predicted molar refractivity (Wildman–Crippen MR) is 135 cm³/mol. The summed E-state index contributed by atoms with van der Waals surface area (Å²) in [6.07, 6.45) is 1.97. The molecule has 0 spiro atoms. The van der Waals surface area contributed by atoms with Gasteiger partial charge in [-0.1, -0.05) is 54.0 Å². The molecule has 33 heavy (non-hydrogen) atoms. The van der Waals surface area contributed by atoms with Crippen LogP contribution in [0, 0.1) is 5.92 Å². The van der Waals surface area contributed by atoms with Crippen LogP contribution in [-0.2, 0) is 11.3 Å². The molecule has 6 nitrogen and oxygen atoms in total. The zero-order chi connectivity index (χ0) is 23.2. The van der Waals surface area contributed by atoms with Crippen LogP contribution in [-0.4, -0.2) is 29.0 Å². The first-order valence-electron chi connectivity index (χ1n) is 11.1. The number of halogens is 1. The number of aromatic nitrogens is 2. The average molecular weight is 507 g/mol. The van der Waals surface area contributed by atoms with E-state index in [1.807, 2.05) is 60.7 Å². The van der Waals surface area contributed by atoms with Gasteiger partial charge in [0.25, 0.3) is 0 Å². The second-order valence-electron chi connectivity index (χ2n) is 8.34. The lowest BCUT2D eigenvalue weighted by Gasteiger charge is -2.27. The summed E-state index contributed by atoms with van der Waals surface area (Å²) in [6.45, 7) is 6.07. The van der Waals surface area contributed by atoms with E-state index in [0.717, 1.165) is 39.1 Å². The minimum atomic E-state index is -0.0225. The minimum absolute atomic E-state index is 0.0225. The Labute approximate surface area is 202 Å². The second kappa shape index (κ2) is 10.6. The third-order valence-electron chi connectivity index (χ3n) is 5.20. The molecular weight excluding hydrogens is 480 g/mol. The maximum Gasteiger partial charge on any atom is 0.222 e. The quantitative estimate of drug-likeness (QED) is 0.309. The highest BCUT2D eigenvalue weighted by Crippen LogP contribution is 2.29. The highest BCUT2D eigenvalue weighted by molar-refractivity contribution is 9.10. The van der Waals surface area contributed by atoms with Crippen molar-refractivity contribution in [3.8, 4) is 11.4 Å². The molecule has 2 heterocycles. The molecule has 1 N–H and O–H groups in total. The fourth-order valence-electron chi connectivity index (χ4n) is 3.71. The van der Waals surface area contributed by atoms with Crippen LogP contribution in [0.15, 0.2) is 75.8 Å². The molecule has 2 aromatic carbocycles. The molecular formula is C26H27BrN4O2. The van der Waals surface area contributed by atoms with Crippen molar-refractivity contribution in [2.24, 2.45) is 5.92 Å². The van der Waals surface area contributed by atoms with Gasteiger partial charge in [-0.3, -0.25) is 4.79 Å². The Hall–Kier alpha value is -3.19. The minimum Gasteiger partial charge on any atom is -0.467 e. The van der Waals surface area contributed by atoms with Crippen LogP contribution in [0.25, 0.3) is 22.3 Å². The third kappa shape index (κ3) is 5.99. The second-order valence-corrected chi connectivity index (χ2v) is 9.26. The Balaban J connectivity index is 1.62. The summed E-state index contributed by atoms with van der Waals surface area (Å²) in [5.41, 5.74) is 1.82. The van der Waals surface area contributed by atoms with Gasteiger partial charge in [0.15, 0.2) is 5.82 Å². The fourth-order valence-corrected chi connectivity index (χ4v) is 4.10. The summed E-state index contributed by atoms with van der Waals surface area (Å²) < 4.78 is 6.28. The van der Waals surface area contributed by atoms with Crippen LogP contribution >= 0.6 is 15.9 Å². The van der Waals surface area contributed by atoms with E-state index in [0.29, 0.717) is 31.3 Å².